The fourth-order valence-electron chi connectivity index (χ4n) is 0.994. The summed E-state index contributed by atoms with van der Waals surface area (Å²) in [6.07, 6.45) is -4.84. The van der Waals surface area contributed by atoms with Gasteiger partial charge in [0.15, 0.2) is 5.69 Å². The Hall–Kier alpha value is -1.50. The first-order valence-corrected chi connectivity index (χ1v) is 4.20. The van der Waals surface area contributed by atoms with Gasteiger partial charge >= 0.3 is 12.1 Å². The van der Waals surface area contributed by atoms with Crippen LogP contribution in [0.1, 0.15) is 16.1 Å². The van der Waals surface area contributed by atoms with Crippen LogP contribution in [0.2, 0.25) is 5.02 Å². The van der Waals surface area contributed by atoms with Crippen molar-refractivity contribution in [3.63, 3.8) is 0 Å². The van der Waals surface area contributed by atoms with Crippen LogP contribution in [0.5, 0.6) is 5.88 Å². The minimum atomic E-state index is -4.84. The monoisotopic (exact) mass is 255 g/mol. The number of carboxylic acid groups (broad SMARTS) is 1. The number of alkyl halides is 3. The van der Waals surface area contributed by atoms with E-state index in [9.17, 15) is 18.0 Å². The van der Waals surface area contributed by atoms with Gasteiger partial charge in [0.05, 0.1) is 12.7 Å². The summed E-state index contributed by atoms with van der Waals surface area (Å²) in [4.78, 5) is 13.8. The van der Waals surface area contributed by atoms with Crippen molar-refractivity contribution in [3.05, 3.63) is 22.3 Å². The molecule has 0 unspecified atom stereocenters. The number of halogens is 4. The van der Waals surface area contributed by atoms with Gasteiger partial charge in [0.2, 0.25) is 5.88 Å². The molecule has 88 valence electrons. The van der Waals surface area contributed by atoms with Crippen LogP contribution in [-0.4, -0.2) is 23.2 Å². The second-order valence-corrected chi connectivity index (χ2v) is 3.09. The van der Waals surface area contributed by atoms with E-state index < -0.39 is 28.4 Å². The maximum absolute atomic E-state index is 12.4. The Bertz CT molecular complexity index is 433. The summed E-state index contributed by atoms with van der Waals surface area (Å²) >= 11 is 5.43. The smallest absolute Gasteiger partial charge is 0.418 e. The summed E-state index contributed by atoms with van der Waals surface area (Å²) in [6.45, 7) is 0. The van der Waals surface area contributed by atoms with Gasteiger partial charge in [0.25, 0.3) is 0 Å². The standard InChI is InChI=1S/C8H5ClF3NO3/c1-16-6-4(9)2-3(8(10,11)12)5(13-6)7(14)15/h2H,1H3,(H,14,15). The summed E-state index contributed by atoms with van der Waals surface area (Å²) in [5.74, 6) is -2.17. The number of rotatable bonds is 2. The highest BCUT2D eigenvalue weighted by Gasteiger charge is 2.37. The van der Waals surface area contributed by atoms with E-state index in [-0.39, 0.29) is 5.88 Å². The number of pyridine rings is 1. The molecule has 0 saturated heterocycles. The van der Waals surface area contributed by atoms with Gasteiger partial charge in [-0.1, -0.05) is 11.6 Å². The minimum Gasteiger partial charge on any atom is -0.480 e. The van der Waals surface area contributed by atoms with Crippen LogP contribution in [-0.2, 0) is 6.18 Å². The predicted molar refractivity (Wildman–Crippen MR) is 47.8 cm³/mol. The van der Waals surface area contributed by atoms with E-state index in [1.807, 2.05) is 0 Å². The van der Waals surface area contributed by atoms with E-state index in [0.29, 0.717) is 6.07 Å². The first kappa shape index (κ1) is 12.6. The highest BCUT2D eigenvalue weighted by molar-refractivity contribution is 6.32. The highest BCUT2D eigenvalue weighted by atomic mass is 35.5. The molecule has 0 aliphatic carbocycles. The Kier molecular flexibility index (Phi) is 3.27. The van der Waals surface area contributed by atoms with Gasteiger partial charge in [-0.3, -0.25) is 0 Å². The molecule has 0 bridgehead atoms. The van der Waals surface area contributed by atoms with Crippen LogP contribution < -0.4 is 4.74 Å². The molecule has 0 radical (unpaired) electrons. The maximum atomic E-state index is 12.4. The molecule has 0 fully saturated rings. The van der Waals surface area contributed by atoms with Crippen molar-refractivity contribution >= 4 is 17.6 Å². The summed E-state index contributed by atoms with van der Waals surface area (Å²) in [7, 11) is 1.12. The molecule has 0 aliphatic heterocycles. The molecule has 8 heteroatoms. The molecule has 1 aromatic rings. The van der Waals surface area contributed by atoms with Crippen LogP contribution in [0.15, 0.2) is 6.07 Å². The van der Waals surface area contributed by atoms with Crippen LogP contribution in [0.3, 0.4) is 0 Å². The van der Waals surface area contributed by atoms with Crippen molar-refractivity contribution < 1.29 is 27.8 Å². The third kappa shape index (κ3) is 2.35. The molecule has 1 rings (SSSR count). The van der Waals surface area contributed by atoms with Gasteiger partial charge in [0, 0.05) is 0 Å². The number of carboxylic acids is 1. The van der Waals surface area contributed by atoms with Gasteiger partial charge < -0.3 is 9.84 Å². The lowest BCUT2D eigenvalue weighted by Gasteiger charge is -2.11. The fourth-order valence-corrected chi connectivity index (χ4v) is 1.22. The normalized spacial score (nSPS) is 11.3. The molecule has 0 saturated carbocycles. The van der Waals surface area contributed by atoms with E-state index in [4.69, 9.17) is 16.7 Å². The van der Waals surface area contributed by atoms with Crippen LogP contribution in [0.25, 0.3) is 0 Å². The number of methoxy groups -OCH3 is 1. The summed E-state index contributed by atoms with van der Waals surface area (Å²) in [6, 6.07) is 0.469. The van der Waals surface area contributed by atoms with Crippen molar-refractivity contribution in [1.82, 2.24) is 4.98 Å². The van der Waals surface area contributed by atoms with Gasteiger partial charge in [0.1, 0.15) is 5.02 Å². The van der Waals surface area contributed by atoms with E-state index in [1.165, 1.54) is 0 Å². The second kappa shape index (κ2) is 4.17. The Labute approximate surface area is 92.6 Å². The number of aromatic carboxylic acids is 1. The molecule has 4 nitrogen and oxygen atoms in total. The van der Waals surface area contributed by atoms with E-state index >= 15 is 0 Å². The van der Waals surface area contributed by atoms with Crippen molar-refractivity contribution in [2.75, 3.05) is 7.11 Å². The zero-order valence-corrected chi connectivity index (χ0v) is 8.56. The quantitative estimate of drug-likeness (QED) is 0.882. The Morgan fingerprint density at radius 3 is 2.50 bits per heavy atom. The number of hydrogen-bond acceptors (Lipinski definition) is 3. The molecular formula is C8H5ClF3NO3. The maximum Gasteiger partial charge on any atom is 0.418 e. The largest absolute Gasteiger partial charge is 0.480 e. The van der Waals surface area contributed by atoms with Crippen molar-refractivity contribution in [2.24, 2.45) is 0 Å². The number of ether oxygens (including phenoxy) is 1. The molecular weight excluding hydrogens is 251 g/mol. The Morgan fingerprint density at radius 2 is 2.12 bits per heavy atom. The Balaban J connectivity index is 3.49. The van der Waals surface area contributed by atoms with Crippen LogP contribution in [0, 0.1) is 0 Å². The minimum absolute atomic E-state index is 0.368. The molecule has 0 spiro atoms. The molecule has 0 aliphatic rings. The fraction of sp³-hybridized carbons (Fsp3) is 0.250. The van der Waals surface area contributed by atoms with E-state index in [2.05, 4.69) is 9.72 Å². The SMILES string of the molecule is COc1nc(C(=O)O)c(C(F)(F)F)cc1Cl. The summed E-state index contributed by atoms with van der Waals surface area (Å²) < 4.78 is 41.8. The van der Waals surface area contributed by atoms with Gasteiger partial charge in [-0.05, 0) is 6.07 Å². The lowest BCUT2D eigenvalue weighted by atomic mass is 10.2. The number of nitrogens with zero attached hydrogens (tertiary/aromatic N) is 1. The number of carbonyl (C=O) groups is 1. The summed E-state index contributed by atoms with van der Waals surface area (Å²) in [5, 5.41) is 8.18. The zero-order chi connectivity index (χ0) is 12.5. The lowest BCUT2D eigenvalue weighted by Crippen LogP contribution is -2.15. The molecule has 0 atom stereocenters. The molecule has 1 aromatic heterocycles. The van der Waals surface area contributed by atoms with Crippen LogP contribution >= 0.6 is 11.6 Å². The van der Waals surface area contributed by atoms with E-state index in [0.717, 1.165) is 7.11 Å². The molecule has 1 N–H and O–H groups in total. The third-order valence-corrected chi connectivity index (χ3v) is 1.92. The second-order valence-electron chi connectivity index (χ2n) is 2.68. The first-order chi connectivity index (χ1) is 7.27. The Morgan fingerprint density at radius 1 is 1.56 bits per heavy atom. The molecule has 0 amide bonds. The molecule has 0 aromatic carbocycles. The van der Waals surface area contributed by atoms with Crippen molar-refractivity contribution in [1.29, 1.82) is 0 Å². The summed E-state index contributed by atoms with van der Waals surface area (Å²) in [5.41, 5.74) is -2.56. The highest BCUT2D eigenvalue weighted by Crippen LogP contribution is 2.35. The van der Waals surface area contributed by atoms with Gasteiger partial charge in [-0.15, -0.1) is 0 Å². The van der Waals surface area contributed by atoms with Crippen molar-refractivity contribution in [2.45, 2.75) is 6.18 Å². The zero-order valence-electron chi connectivity index (χ0n) is 7.80. The third-order valence-electron chi connectivity index (χ3n) is 1.65. The van der Waals surface area contributed by atoms with E-state index in [1.54, 1.807) is 0 Å². The predicted octanol–water partition coefficient (Wildman–Crippen LogP) is 2.46. The molecule has 16 heavy (non-hydrogen) atoms. The van der Waals surface area contributed by atoms with Gasteiger partial charge in [-0.2, -0.15) is 13.2 Å². The van der Waals surface area contributed by atoms with Gasteiger partial charge in [-0.25, -0.2) is 9.78 Å². The average Bonchev–Trinajstić information content (AvgIpc) is 2.15. The molecule has 1 heterocycles. The van der Waals surface area contributed by atoms with Crippen LogP contribution in [0.4, 0.5) is 13.2 Å². The first-order valence-electron chi connectivity index (χ1n) is 3.82. The number of aromatic nitrogens is 1. The average molecular weight is 256 g/mol. The van der Waals surface area contributed by atoms with Crippen molar-refractivity contribution in [3.8, 4) is 5.88 Å². The number of hydrogen-bond donors (Lipinski definition) is 1. The lowest BCUT2D eigenvalue weighted by molar-refractivity contribution is -0.138. The topological polar surface area (TPSA) is 59.4 Å².